The summed E-state index contributed by atoms with van der Waals surface area (Å²) in [6.45, 7) is 6.43. The summed E-state index contributed by atoms with van der Waals surface area (Å²) in [6, 6.07) is 7.79. The number of ether oxygens (including phenoxy) is 12. The van der Waals surface area contributed by atoms with Gasteiger partial charge in [0.1, 0.15) is 11.5 Å². The molecule has 0 saturated carbocycles. The Labute approximate surface area is 434 Å². The number of unbranched alkanes of at least 4 members (excludes halogenated alkanes) is 11. The van der Waals surface area contributed by atoms with Gasteiger partial charge in [-0.25, -0.2) is 0 Å². The molecule has 3 aromatic rings. The zero-order valence-corrected chi connectivity index (χ0v) is 44.2. The van der Waals surface area contributed by atoms with Gasteiger partial charge >= 0.3 is 0 Å². The average Bonchev–Trinajstić information content (AvgIpc) is 3.42. The van der Waals surface area contributed by atoms with E-state index in [1.54, 1.807) is 0 Å². The van der Waals surface area contributed by atoms with Gasteiger partial charge in [-0.3, -0.25) is 4.79 Å². The number of rotatable bonds is 26. The third-order valence-corrected chi connectivity index (χ3v) is 15.2. The molecule has 0 amide bonds. The summed E-state index contributed by atoms with van der Waals surface area (Å²) in [4.78, 5) is 15.9. The Morgan fingerprint density at radius 2 is 0.808 bits per heavy atom. The molecule has 6 unspecified atom stereocenters. The summed E-state index contributed by atoms with van der Waals surface area (Å²) in [6.07, 6.45) is 27.5. The predicted octanol–water partition coefficient (Wildman–Crippen LogP) is 13.8. The van der Waals surface area contributed by atoms with Gasteiger partial charge in [0.2, 0.25) is 11.2 Å². The summed E-state index contributed by atoms with van der Waals surface area (Å²) in [5, 5.41) is 0.410. The van der Waals surface area contributed by atoms with E-state index in [1.807, 2.05) is 24.3 Å². The van der Waals surface area contributed by atoms with Crippen molar-refractivity contribution in [3.63, 3.8) is 0 Å². The van der Waals surface area contributed by atoms with E-state index in [2.05, 4.69) is 11.5 Å². The maximum atomic E-state index is 15.9. The van der Waals surface area contributed by atoms with Gasteiger partial charge in [0, 0.05) is 62.8 Å². The van der Waals surface area contributed by atoms with E-state index in [0.29, 0.717) is 110 Å². The molecule has 6 atom stereocenters. The Bertz CT molecular complexity index is 2120. The molecule has 0 aliphatic carbocycles. The Kier molecular flexibility index (Phi) is 21.4. The van der Waals surface area contributed by atoms with Crippen LogP contribution in [0.1, 0.15) is 200 Å². The van der Waals surface area contributed by atoms with E-state index in [9.17, 15) is 0 Å². The lowest BCUT2D eigenvalue weighted by atomic mass is 10.0. The maximum Gasteiger partial charge on any atom is 0.235 e. The zero-order chi connectivity index (χ0) is 49.9. The van der Waals surface area contributed by atoms with Crippen molar-refractivity contribution in [2.24, 2.45) is 0 Å². The van der Waals surface area contributed by atoms with Crippen molar-refractivity contribution in [2.45, 2.75) is 244 Å². The topological polar surface area (TPSA) is 133 Å². The van der Waals surface area contributed by atoms with Crippen LogP contribution in [0.3, 0.4) is 0 Å². The van der Waals surface area contributed by atoms with E-state index in [-0.39, 0.29) is 11.2 Å². The van der Waals surface area contributed by atoms with Gasteiger partial charge in [-0.2, -0.15) is 0 Å². The summed E-state index contributed by atoms with van der Waals surface area (Å²) in [5.41, 5.74) is 1.62. The van der Waals surface area contributed by atoms with E-state index in [1.165, 1.54) is 57.8 Å². The van der Waals surface area contributed by atoms with Crippen molar-refractivity contribution in [2.75, 3.05) is 39.6 Å². The summed E-state index contributed by atoms with van der Waals surface area (Å²) in [7, 11) is 0. The van der Waals surface area contributed by atoms with Crippen molar-refractivity contribution in [1.29, 1.82) is 0 Å². The minimum atomic E-state index is -0.626. The van der Waals surface area contributed by atoms with E-state index in [0.717, 1.165) is 122 Å². The Morgan fingerprint density at radius 3 is 1.23 bits per heavy atom. The molecule has 2 aromatic carbocycles. The standard InChI is InChI=1S/C59H87NO13/c1-2-3-4-5-6-7-8-9-10-11-12-19-32-60-45-41-44(68-49-26-13-20-33-62-49)42-46(69-50-27-14-21-34-63-50)55(45)57(61)59(73-54-31-18-25-38-67-54)56(60)43-39-47(70-51-28-15-22-35-64-51)58(72-53-30-17-24-37-66-53)48(40-43)71-52-29-16-23-36-65-52/h39-42,49-54H,2-38H2,1H3. The van der Waals surface area contributed by atoms with Crippen molar-refractivity contribution in [3.05, 3.63) is 34.5 Å². The van der Waals surface area contributed by atoms with Gasteiger partial charge in [-0.1, -0.05) is 77.6 Å². The third-order valence-electron chi connectivity index (χ3n) is 15.2. The van der Waals surface area contributed by atoms with Crippen LogP contribution in [-0.2, 0) is 35.0 Å². The van der Waals surface area contributed by atoms with Crippen LogP contribution in [-0.4, -0.2) is 81.9 Å². The fourth-order valence-corrected chi connectivity index (χ4v) is 11.1. The van der Waals surface area contributed by atoms with Crippen molar-refractivity contribution in [3.8, 4) is 45.8 Å². The lowest BCUT2D eigenvalue weighted by molar-refractivity contribution is -0.126. The molecule has 14 heteroatoms. The van der Waals surface area contributed by atoms with E-state index in [4.69, 9.17) is 56.8 Å². The molecule has 6 fully saturated rings. The van der Waals surface area contributed by atoms with Crippen molar-refractivity contribution in [1.82, 2.24) is 4.57 Å². The molecule has 7 heterocycles. The molecule has 73 heavy (non-hydrogen) atoms. The molecule has 0 spiro atoms. The van der Waals surface area contributed by atoms with Gasteiger partial charge in [0.05, 0.1) is 56.2 Å². The molecule has 14 nitrogen and oxygen atoms in total. The van der Waals surface area contributed by atoms with Crippen LogP contribution in [0.4, 0.5) is 0 Å². The maximum absolute atomic E-state index is 15.9. The number of pyridine rings is 1. The Hall–Kier alpha value is -3.79. The number of aromatic nitrogens is 1. The van der Waals surface area contributed by atoms with Gasteiger partial charge in [-0.15, -0.1) is 0 Å². The molecule has 9 rings (SSSR count). The molecule has 0 radical (unpaired) electrons. The Balaban J connectivity index is 1.18. The first-order valence-electron chi connectivity index (χ1n) is 29.2. The molecular weight excluding hydrogens is 931 g/mol. The lowest BCUT2D eigenvalue weighted by Gasteiger charge is -2.31. The van der Waals surface area contributed by atoms with Gasteiger partial charge < -0.3 is 61.4 Å². The fourth-order valence-electron chi connectivity index (χ4n) is 11.1. The van der Waals surface area contributed by atoms with E-state index < -0.39 is 37.7 Å². The van der Waals surface area contributed by atoms with Crippen LogP contribution in [0.15, 0.2) is 29.1 Å². The average molecular weight is 1020 g/mol. The molecule has 0 bridgehead atoms. The SMILES string of the molecule is CCCCCCCCCCCCCCn1c(-c2cc(OC3CCCCO3)c(OC3CCCCO3)c(OC3CCCCO3)c2)c(OC2CCCCO2)c(=O)c2c(OC3CCCCO3)cc(OC3CCCCO3)cc21. The van der Waals surface area contributed by atoms with Gasteiger partial charge in [0.15, 0.2) is 55.0 Å². The Morgan fingerprint density at radius 1 is 0.425 bits per heavy atom. The number of fused-ring (bicyclic) bond motifs is 1. The predicted molar refractivity (Wildman–Crippen MR) is 280 cm³/mol. The van der Waals surface area contributed by atoms with Crippen LogP contribution in [0.25, 0.3) is 22.2 Å². The third kappa shape index (κ3) is 15.7. The van der Waals surface area contributed by atoms with Crippen LogP contribution in [0.5, 0.6) is 34.5 Å². The largest absolute Gasteiger partial charge is 0.465 e. The zero-order valence-electron chi connectivity index (χ0n) is 44.2. The smallest absolute Gasteiger partial charge is 0.235 e. The van der Waals surface area contributed by atoms with Crippen LogP contribution < -0.4 is 33.8 Å². The number of hydrogen-bond donors (Lipinski definition) is 0. The second-order valence-electron chi connectivity index (χ2n) is 21.1. The fraction of sp³-hybridized carbons (Fsp3) is 0.746. The quantitative estimate of drug-likeness (QED) is 0.0707. The molecule has 1 aromatic heterocycles. The molecule has 6 saturated heterocycles. The normalized spacial score (nSPS) is 25.0. The van der Waals surface area contributed by atoms with Crippen molar-refractivity contribution >= 4 is 10.9 Å². The van der Waals surface area contributed by atoms with Crippen molar-refractivity contribution < 1.29 is 56.8 Å². The molecule has 6 aliphatic heterocycles. The highest BCUT2D eigenvalue weighted by Crippen LogP contribution is 2.48. The van der Waals surface area contributed by atoms with Crippen LogP contribution in [0.2, 0.25) is 0 Å². The van der Waals surface area contributed by atoms with Gasteiger partial charge in [0.25, 0.3) is 0 Å². The number of nitrogens with zero attached hydrogens (tertiary/aromatic N) is 1. The summed E-state index contributed by atoms with van der Waals surface area (Å²) >= 11 is 0. The molecule has 406 valence electrons. The first-order valence-corrected chi connectivity index (χ1v) is 29.2. The molecular formula is C59H87NO13. The van der Waals surface area contributed by atoms with Gasteiger partial charge in [-0.05, 0) is 95.6 Å². The summed E-state index contributed by atoms with van der Waals surface area (Å²) in [5.74, 6) is 2.46. The molecule has 0 N–H and O–H groups in total. The first kappa shape index (κ1) is 54.0. The highest BCUT2D eigenvalue weighted by molar-refractivity contribution is 5.92. The highest BCUT2D eigenvalue weighted by Gasteiger charge is 2.33. The first-order chi connectivity index (χ1) is 36.1. The highest BCUT2D eigenvalue weighted by atomic mass is 16.7. The lowest BCUT2D eigenvalue weighted by Crippen LogP contribution is -2.30. The summed E-state index contributed by atoms with van der Waals surface area (Å²) < 4.78 is 80.7. The minimum Gasteiger partial charge on any atom is -0.465 e. The number of aryl methyl sites for hydroxylation is 1. The monoisotopic (exact) mass is 1020 g/mol. The van der Waals surface area contributed by atoms with Crippen LogP contribution in [0, 0.1) is 0 Å². The second-order valence-corrected chi connectivity index (χ2v) is 21.1. The second kappa shape index (κ2) is 28.9. The van der Waals surface area contributed by atoms with E-state index >= 15 is 4.79 Å². The minimum absolute atomic E-state index is 0.182. The molecule has 6 aliphatic rings. The van der Waals surface area contributed by atoms with Crippen LogP contribution >= 0.6 is 0 Å². The number of benzene rings is 2. The number of hydrogen-bond acceptors (Lipinski definition) is 13.